The quantitative estimate of drug-likeness (QED) is 0.817. The number of methoxy groups -OCH3 is 1. The number of hydrogen-bond donors (Lipinski definition) is 0. The van der Waals surface area contributed by atoms with Gasteiger partial charge in [-0.3, -0.25) is 0 Å². The van der Waals surface area contributed by atoms with E-state index in [4.69, 9.17) is 21.1 Å². The van der Waals surface area contributed by atoms with Crippen LogP contribution in [0.15, 0.2) is 24.3 Å². The molecule has 112 valence electrons. The smallest absolute Gasteiger partial charge is 0.328 e. The average molecular weight is 309 g/mol. The second-order valence-electron chi connectivity index (χ2n) is 4.14. The molecular formula is C14H17ClN4O2. The summed E-state index contributed by atoms with van der Waals surface area (Å²) in [5, 5.41) is 0.102. The molecule has 0 atom stereocenters. The first kappa shape index (κ1) is 15.3. The van der Waals surface area contributed by atoms with Gasteiger partial charge in [-0.2, -0.15) is 15.0 Å². The van der Waals surface area contributed by atoms with Gasteiger partial charge in [0.1, 0.15) is 11.5 Å². The van der Waals surface area contributed by atoms with Crippen LogP contribution in [0.1, 0.15) is 13.8 Å². The monoisotopic (exact) mass is 308 g/mol. The number of rotatable bonds is 6. The fourth-order valence-electron chi connectivity index (χ4n) is 1.79. The van der Waals surface area contributed by atoms with Crippen molar-refractivity contribution in [3.05, 3.63) is 29.5 Å². The Bertz CT molecular complexity index is 605. The van der Waals surface area contributed by atoms with Crippen molar-refractivity contribution in [3.63, 3.8) is 0 Å². The van der Waals surface area contributed by atoms with Crippen molar-refractivity contribution in [2.75, 3.05) is 25.1 Å². The Labute approximate surface area is 128 Å². The molecule has 0 aliphatic rings. The molecule has 0 fully saturated rings. The summed E-state index contributed by atoms with van der Waals surface area (Å²) in [4.78, 5) is 14.4. The highest BCUT2D eigenvalue weighted by atomic mass is 35.5. The van der Waals surface area contributed by atoms with E-state index in [1.165, 1.54) is 0 Å². The van der Waals surface area contributed by atoms with Gasteiger partial charge in [0, 0.05) is 19.2 Å². The summed E-state index contributed by atoms with van der Waals surface area (Å²) in [6, 6.07) is 7.34. The number of nitrogens with zero attached hydrogens (tertiary/aromatic N) is 4. The van der Waals surface area contributed by atoms with Crippen LogP contribution >= 0.6 is 11.6 Å². The lowest BCUT2D eigenvalue weighted by Crippen LogP contribution is -2.24. The van der Waals surface area contributed by atoms with Gasteiger partial charge in [-0.1, -0.05) is 6.07 Å². The van der Waals surface area contributed by atoms with Crippen molar-refractivity contribution >= 4 is 17.5 Å². The molecule has 6 nitrogen and oxygen atoms in total. The van der Waals surface area contributed by atoms with Gasteiger partial charge in [-0.25, -0.2) is 0 Å². The minimum Gasteiger partial charge on any atom is -0.497 e. The number of hydrogen-bond acceptors (Lipinski definition) is 6. The van der Waals surface area contributed by atoms with Crippen LogP contribution in [0.25, 0.3) is 0 Å². The van der Waals surface area contributed by atoms with Crippen LogP contribution in [0.4, 0.5) is 5.95 Å². The first-order chi connectivity index (χ1) is 10.2. The van der Waals surface area contributed by atoms with Gasteiger partial charge in [0.25, 0.3) is 0 Å². The van der Waals surface area contributed by atoms with Gasteiger partial charge < -0.3 is 14.4 Å². The Morgan fingerprint density at radius 2 is 1.81 bits per heavy atom. The highest BCUT2D eigenvalue weighted by Crippen LogP contribution is 2.24. The second kappa shape index (κ2) is 7.08. The zero-order chi connectivity index (χ0) is 15.2. The molecule has 0 amide bonds. The SMILES string of the molecule is CCN(CC)c1nc(Cl)nc(Oc2cccc(OC)c2)n1. The maximum absolute atomic E-state index is 5.94. The molecule has 7 heteroatoms. The molecule has 2 aromatic rings. The summed E-state index contributed by atoms with van der Waals surface area (Å²) in [6.07, 6.45) is 0. The summed E-state index contributed by atoms with van der Waals surface area (Å²) in [5.74, 6) is 1.76. The molecule has 0 unspecified atom stereocenters. The molecule has 0 aliphatic heterocycles. The first-order valence-electron chi connectivity index (χ1n) is 6.64. The van der Waals surface area contributed by atoms with Crippen molar-refractivity contribution in [2.24, 2.45) is 0 Å². The second-order valence-corrected chi connectivity index (χ2v) is 4.48. The Kier molecular flexibility index (Phi) is 5.16. The van der Waals surface area contributed by atoms with Crippen LogP contribution in [-0.4, -0.2) is 35.2 Å². The van der Waals surface area contributed by atoms with Crippen LogP contribution in [0, 0.1) is 0 Å². The molecule has 0 saturated heterocycles. The van der Waals surface area contributed by atoms with Crippen molar-refractivity contribution < 1.29 is 9.47 Å². The Balaban J connectivity index is 2.27. The van der Waals surface area contributed by atoms with Crippen molar-refractivity contribution in [1.82, 2.24) is 15.0 Å². The van der Waals surface area contributed by atoms with E-state index in [1.54, 1.807) is 19.2 Å². The van der Waals surface area contributed by atoms with Gasteiger partial charge in [-0.05, 0) is 37.6 Å². The van der Waals surface area contributed by atoms with Crippen LogP contribution in [0.2, 0.25) is 5.28 Å². The van der Waals surface area contributed by atoms with Crippen LogP contribution in [-0.2, 0) is 0 Å². The predicted molar refractivity (Wildman–Crippen MR) is 81.5 cm³/mol. The van der Waals surface area contributed by atoms with Gasteiger partial charge in [-0.15, -0.1) is 0 Å². The van der Waals surface area contributed by atoms with E-state index in [0.717, 1.165) is 13.1 Å². The Morgan fingerprint density at radius 1 is 1.10 bits per heavy atom. The van der Waals surface area contributed by atoms with Gasteiger partial charge >= 0.3 is 6.01 Å². The van der Waals surface area contributed by atoms with Gasteiger partial charge in [0.05, 0.1) is 7.11 Å². The molecule has 1 aromatic carbocycles. The summed E-state index contributed by atoms with van der Waals surface area (Å²) in [6.45, 7) is 5.58. The molecule has 1 aromatic heterocycles. The molecular weight excluding hydrogens is 292 g/mol. The summed E-state index contributed by atoms with van der Waals surface area (Å²) in [7, 11) is 1.59. The third-order valence-corrected chi connectivity index (χ3v) is 3.04. The third-order valence-electron chi connectivity index (χ3n) is 2.87. The molecule has 0 N–H and O–H groups in total. The minimum absolute atomic E-state index is 0.102. The van der Waals surface area contributed by atoms with E-state index in [-0.39, 0.29) is 11.3 Å². The molecule has 0 spiro atoms. The van der Waals surface area contributed by atoms with Crippen LogP contribution in [0.5, 0.6) is 17.5 Å². The first-order valence-corrected chi connectivity index (χ1v) is 7.02. The highest BCUT2D eigenvalue weighted by Gasteiger charge is 2.11. The maximum Gasteiger partial charge on any atom is 0.328 e. The third kappa shape index (κ3) is 3.95. The van der Waals surface area contributed by atoms with E-state index in [9.17, 15) is 0 Å². The molecule has 1 heterocycles. The highest BCUT2D eigenvalue weighted by molar-refractivity contribution is 6.28. The minimum atomic E-state index is 0.102. The Hall–Kier alpha value is -2.08. The van der Waals surface area contributed by atoms with Gasteiger partial charge in [0.2, 0.25) is 11.2 Å². The largest absolute Gasteiger partial charge is 0.497 e. The lowest BCUT2D eigenvalue weighted by Gasteiger charge is -2.18. The molecule has 0 bridgehead atoms. The van der Waals surface area contributed by atoms with E-state index in [0.29, 0.717) is 17.4 Å². The normalized spacial score (nSPS) is 10.3. The topological polar surface area (TPSA) is 60.4 Å². The molecule has 21 heavy (non-hydrogen) atoms. The van der Waals surface area contributed by atoms with Crippen molar-refractivity contribution in [1.29, 1.82) is 0 Å². The molecule has 0 radical (unpaired) electrons. The van der Waals surface area contributed by atoms with Crippen LogP contribution < -0.4 is 14.4 Å². The number of anilines is 1. The van der Waals surface area contributed by atoms with E-state index in [2.05, 4.69) is 15.0 Å². The zero-order valence-electron chi connectivity index (χ0n) is 12.2. The molecule has 2 rings (SSSR count). The lowest BCUT2D eigenvalue weighted by atomic mass is 10.3. The zero-order valence-corrected chi connectivity index (χ0v) is 13.0. The average Bonchev–Trinajstić information content (AvgIpc) is 2.48. The molecule has 0 saturated carbocycles. The van der Waals surface area contributed by atoms with Crippen molar-refractivity contribution in [2.45, 2.75) is 13.8 Å². The summed E-state index contributed by atoms with van der Waals surface area (Å²) >= 11 is 5.94. The number of aromatic nitrogens is 3. The van der Waals surface area contributed by atoms with Crippen LogP contribution in [0.3, 0.4) is 0 Å². The van der Waals surface area contributed by atoms with E-state index < -0.39 is 0 Å². The lowest BCUT2D eigenvalue weighted by molar-refractivity contribution is 0.404. The van der Waals surface area contributed by atoms with E-state index in [1.807, 2.05) is 30.9 Å². The van der Waals surface area contributed by atoms with Crippen molar-refractivity contribution in [3.8, 4) is 17.5 Å². The van der Waals surface area contributed by atoms with Gasteiger partial charge in [0.15, 0.2) is 0 Å². The van der Waals surface area contributed by atoms with E-state index >= 15 is 0 Å². The molecule has 0 aliphatic carbocycles. The number of halogens is 1. The predicted octanol–water partition coefficient (Wildman–Crippen LogP) is 3.17. The maximum atomic E-state index is 5.94. The fraction of sp³-hybridized carbons (Fsp3) is 0.357. The fourth-order valence-corrected chi connectivity index (χ4v) is 1.93. The standard InChI is InChI=1S/C14H17ClN4O2/c1-4-19(5-2)13-16-12(15)17-14(18-13)21-11-8-6-7-10(9-11)20-3/h6-9H,4-5H2,1-3H3. The summed E-state index contributed by atoms with van der Waals surface area (Å²) < 4.78 is 10.8. The number of ether oxygens (including phenoxy) is 2. The Morgan fingerprint density at radius 3 is 2.48 bits per heavy atom. The summed E-state index contributed by atoms with van der Waals surface area (Å²) in [5.41, 5.74) is 0. The number of benzene rings is 1.